The fourth-order valence-electron chi connectivity index (χ4n) is 2.50. The van der Waals surface area contributed by atoms with E-state index in [-0.39, 0.29) is 18.8 Å². The van der Waals surface area contributed by atoms with E-state index >= 15 is 0 Å². The Morgan fingerprint density at radius 1 is 1.35 bits per heavy atom. The van der Waals surface area contributed by atoms with E-state index in [4.69, 9.17) is 9.84 Å². The van der Waals surface area contributed by atoms with E-state index in [1.807, 2.05) is 24.3 Å². The summed E-state index contributed by atoms with van der Waals surface area (Å²) in [6.45, 7) is 3.57. The van der Waals surface area contributed by atoms with Gasteiger partial charge in [-0.25, -0.2) is 0 Å². The Bertz CT molecular complexity index is 420. The minimum absolute atomic E-state index is 0.0129. The Kier molecular flexibility index (Phi) is 5.40. The third kappa shape index (κ3) is 3.72. The van der Waals surface area contributed by atoms with Crippen LogP contribution < -0.4 is 10.1 Å². The van der Waals surface area contributed by atoms with Crippen molar-refractivity contribution in [3.63, 3.8) is 0 Å². The summed E-state index contributed by atoms with van der Waals surface area (Å²) in [5.41, 5.74) is 0.510. The topological polar surface area (TPSA) is 61.7 Å². The Morgan fingerprint density at radius 2 is 2.15 bits per heavy atom. The SMILES string of the molecule is CCCNC(CO)(COc1cccc(CO)c1)C1CC1. The lowest BCUT2D eigenvalue weighted by molar-refractivity contribution is 0.0850. The average Bonchev–Trinajstić information content (AvgIpc) is 3.33. The molecule has 0 bridgehead atoms. The maximum Gasteiger partial charge on any atom is 0.119 e. The molecule has 1 aliphatic carbocycles. The van der Waals surface area contributed by atoms with Crippen LogP contribution in [-0.2, 0) is 6.61 Å². The molecule has 1 aliphatic rings. The van der Waals surface area contributed by atoms with Crippen LogP contribution in [0.3, 0.4) is 0 Å². The molecule has 4 heteroatoms. The van der Waals surface area contributed by atoms with Crippen molar-refractivity contribution in [2.75, 3.05) is 19.8 Å². The van der Waals surface area contributed by atoms with Crippen molar-refractivity contribution in [2.24, 2.45) is 5.92 Å². The second-order valence-electron chi connectivity index (χ2n) is 5.61. The largest absolute Gasteiger partial charge is 0.492 e. The quantitative estimate of drug-likeness (QED) is 0.644. The molecule has 0 aliphatic heterocycles. The molecular formula is C16H25NO3. The van der Waals surface area contributed by atoms with Gasteiger partial charge in [-0.05, 0) is 49.4 Å². The van der Waals surface area contributed by atoms with Gasteiger partial charge in [0.1, 0.15) is 12.4 Å². The molecule has 2 rings (SSSR count). The van der Waals surface area contributed by atoms with Crippen molar-refractivity contribution in [3.8, 4) is 5.75 Å². The van der Waals surface area contributed by atoms with Gasteiger partial charge < -0.3 is 20.3 Å². The fourth-order valence-corrected chi connectivity index (χ4v) is 2.50. The molecule has 1 atom stereocenters. The molecule has 1 aromatic carbocycles. The zero-order valence-corrected chi connectivity index (χ0v) is 12.1. The molecule has 0 spiro atoms. The van der Waals surface area contributed by atoms with Crippen LogP contribution in [0.1, 0.15) is 31.7 Å². The van der Waals surface area contributed by atoms with E-state index in [9.17, 15) is 5.11 Å². The molecule has 1 unspecified atom stereocenters. The molecule has 0 saturated heterocycles. The van der Waals surface area contributed by atoms with Crippen molar-refractivity contribution in [1.82, 2.24) is 5.32 Å². The molecular weight excluding hydrogens is 254 g/mol. The monoisotopic (exact) mass is 279 g/mol. The highest BCUT2D eigenvalue weighted by molar-refractivity contribution is 5.28. The van der Waals surface area contributed by atoms with Gasteiger partial charge in [0.25, 0.3) is 0 Å². The van der Waals surface area contributed by atoms with Crippen molar-refractivity contribution >= 4 is 0 Å². The van der Waals surface area contributed by atoms with Gasteiger partial charge in [0, 0.05) is 0 Å². The number of aliphatic hydroxyl groups is 2. The summed E-state index contributed by atoms with van der Waals surface area (Å²) in [7, 11) is 0. The van der Waals surface area contributed by atoms with Gasteiger partial charge in [0.2, 0.25) is 0 Å². The van der Waals surface area contributed by atoms with Gasteiger partial charge >= 0.3 is 0 Å². The Hall–Kier alpha value is -1.10. The van der Waals surface area contributed by atoms with Crippen molar-refractivity contribution < 1.29 is 14.9 Å². The maximum atomic E-state index is 9.81. The lowest BCUT2D eigenvalue weighted by Crippen LogP contribution is -2.55. The molecule has 0 aromatic heterocycles. The van der Waals surface area contributed by atoms with Crippen LogP contribution in [-0.4, -0.2) is 35.5 Å². The number of nitrogens with one attached hydrogen (secondary N) is 1. The van der Waals surface area contributed by atoms with Crippen LogP contribution in [0.4, 0.5) is 0 Å². The van der Waals surface area contributed by atoms with Gasteiger partial charge in [-0.15, -0.1) is 0 Å². The zero-order chi connectivity index (χ0) is 14.4. The summed E-state index contributed by atoms with van der Waals surface area (Å²) >= 11 is 0. The second-order valence-corrected chi connectivity index (χ2v) is 5.61. The van der Waals surface area contributed by atoms with Gasteiger partial charge in [-0.2, -0.15) is 0 Å². The molecule has 0 heterocycles. The van der Waals surface area contributed by atoms with Crippen LogP contribution in [0.5, 0.6) is 5.75 Å². The van der Waals surface area contributed by atoms with Gasteiger partial charge in [-0.1, -0.05) is 19.1 Å². The Labute approximate surface area is 120 Å². The first-order valence-electron chi connectivity index (χ1n) is 7.42. The summed E-state index contributed by atoms with van der Waals surface area (Å²) in [5, 5.41) is 22.4. The molecule has 112 valence electrons. The molecule has 1 saturated carbocycles. The Balaban J connectivity index is 2.00. The highest BCUT2D eigenvalue weighted by Gasteiger charge is 2.45. The second kappa shape index (κ2) is 7.07. The third-order valence-electron chi connectivity index (χ3n) is 3.95. The van der Waals surface area contributed by atoms with E-state index in [0.29, 0.717) is 12.5 Å². The van der Waals surface area contributed by atoms with Gasteiger partial charge in [0.05, 0.1) is 18.8 Å². The third-order valence-corrected chi connectivity index (χ3v) is 3.95. The first kappa shape index (κ1) is 15.3. The smallest absolute Gasteiger partial charge is 0.119 e. The predicted molar refractivity (Wildman–Crippen MR) is 78.7 cm³/mol. The first-order valence-corrected chi connectivity index (χ1v) is 7.42. The number of hydrogen-bond acceptors (Lipinski definition) is 4. The number of hydrogen-bond donors (Lipinski definition) is 3. The molecule has 0 radical (unpaired) electrons. The normalized spacial score (nSPS) is 17.8. The van der Waals surface area contributed by atoms with Crippen LogP contribution in [0.2, 0.25) is 0 Å². The van der Waals surface area contributed by atoms with Gasteiger partial charge in [0.15, 0.2) is 0 Å². The first-order chi connectivity index (χ1) is 9.74. The molecule has 3 N–H and O–H groups in total. The molecule has 20 heavy (non-hydrogen) atoms. The van der Waals surface area contributed by atoms with E-state index in [1.54, 1.807) is 0 Å². The lowest BCUT2D eigenvalue weighted by atomic mass is 9.95. The van der Waals surface area contributed by atoms with Gasteiger partial charge in [-0.3, -0.25) is 0 Å². The minimum Gasteiger partial charge on any atom is -0.492 e. The number of aliphatic hydroxyl groups excluding tert-OH is 2. The predicted octanol–water partition coefficient (Wildman–Crippen LogP) is 1.70. The number of ether oxygens (including phenoxy) is 1. The van der Waals surface area contributed by atoms with Crippen LogP contribution in [0.15, 0.2) is 24.3 Å². The average molecular weight is 279 g/mol. The molecule has 1 fully saturated rings. The van der Waals surface area contributed by atoms with E-state index < -0.39 is 0 Å². The van der Waals surface area contributed by atoms with Crippen LogP contribution in [0.25, 0.3) is 0 Å². The van der Waals surface area contributed by atoms with Crippen molar-refractivity contribution in [3.05, 3.63) is 29.8 Å². The summed E-state index contributed by atoms with van der Waals surface area (Å²) in [5.74, 6) is 1.24. The Morgan fingerprint density at radius 3 is 2.75 bits per heavy atom. The summed E-state index contributed by atoms with van der Waals surface area (Å²) in [6, 6.07) is 7.46. The zero-order valence-electron chi connectivity index (χ0n) is 12.1. The van der Waals surface area contributed by atoms with E-state index in [2.05, 4.69) is 12.2 Å². The summed E-state index contributed by atoms with van der Waals surface area (Å²) in [6.07, 6.45) is 3.34. The minimum atomic E-state index is -0.328. The van der Waals surface area contributed by atoms with E-state index in [1.165, 1.54) is 0 Å². The maximum absolute atomic E-state index is 9.81. The highest BCUT2D eigenvalue weighted by atomic mass is 16.5. The lowest BCUT2D eigenvalue weighted by Gasteiger charge is -2.33. The van der Waals surface area contributed by atoms with E-state index in [0.717, 1.165) is 37.1 Å². The fraction of sp³-hybridized carbons (Fsp3) is 0.625. The number of benzene rings is 1. The standard InChI is InChI=1S/C16H25NO3/c1-2-8-17-16(11-19,14-6-7-14)12-20-15-5-3-4-13(9-15)10-18/h3-5,9,14,17-19H,2,6-8,10-12H2,1H3. The van der Waals surface area contributed by atoms with Crippen molar-refractivity contribution in [2.45, 2.75) is 38.3 Å². The summed E-state index contributed by atoms with van der Waals surface area (Å²) in [4.78, 5) is 0. The molecule has 4 nitrogen and oxygen atoms in total. The van der Waals surface area contributed by atoms with Crippen molar-refractivity contribution in [1.29, 1.82) is 0 Å². The highest BCUT2D eigenvalue weighted by Crippen LogP contribution is 2.40. The summed E-state index contributed by atoms with van der Waals surface area (Å²) < 4.78 is 5.87. The molecule has 0 amide bonds. The molecule has 1 aromatic rings. The van der Waals surface area contributed by atoms with Crippen LogP contribution >= 0.6 is 0 Å². The van der Waals surface area contributed by atoms with Crippen LogP contribution in [0, 0.1) is 5.92 Å². The number of rotatable bonds is 9.